The number of hydrazone groups is 1. The number of carbonyl (C=O) groups excluding carboxylic acids is 1. The zero-order chi connectivity index (χ0) is 19.2. The Morgan fingerprint density at radius 2 is 2.00 bits per heavy atom. The summed E-state index contributed by atoms with van der Waals surface area (Å²) in [4.78, 5) is 12.0. The van der Waals surface area contributed by atoms with E-state index in [1.54, 1.807) is 18.2 Å². The second kappa shape index (κ2) is 9.03. The summed E-state index contributed by atoms with van der Waals surface area (Å²) in [5.41, 5.74) is 4.07. The highest BCUT2D eigenvalue weighted by molar-refractivity contribution is 7.99. The highest BCUT2D eigenvalue weighted by atomic mass is 35.5. The third kappa shape index (κ3) is 5.09. The van der Waals surface area contributed by atoms with Gasteiger partial charge in [-0.25, -0.2) is 5.43 Å². The second-order valence-electron chi connectivity index (χ2n) is 5.45. The van der Waals surface area contributed by atoms with Gasteiger partial charge in [-0.1, -0.05) is 59.2 Å². The average molecular weight is 420 g/mol. The van der Waals surface area contributed by atoms with E-state index in [4.69, 9.17) is 23.2 Å². The molecule has 0 unspecified atom stereocenters. The summed E-state index contributed by atoms with van der Waals surface area (Å²) in [7, 11) is 0. The Balaban J connectivity index is 1.59. The second-order valence-corrected chi connectivity index (χ2v) is 7.23. The fraction of sp³-hybridized carbons (Fsp3) is 0.111. The van der Waals surface area contributed by atoms with E-state index in [9.17, 15) is 4.79 Å². The topological polar surface area (TPSA) is 72.2 Å². The zero-order valence-electron chi connectivity index (χ0n) is 14.3. The van der Waals surface area contributed by atoms with Crippen LogP contribution >= 0.6 is 35.0 Å². The Morgan fingerprint density at radius 3 is 2.74 bits per heavy atom. The molecule has 0 bridgehead atoms. The minimum Gasteiger partial charge on any atom is -0.274 e. The number of carbonyl (C=O) groups is 1. The standard InChI is InChI=1S/C18H15Cl2N5OS/c1-12-22-24-18(25(12)15-5-3-2-4-6-15)27-11-17(26)23-21-10-13-7-8-14(19)9-16(13)20/h2-10H,11H2,1H3,(H,23,26). The molecule has 0 spiro atoms. The van der Waals surface area contributed by atoms with Crippen molar-refractivity contribution in [2.45, 2.75) is 12.1 Å². The molecule has 1 amide bonds. The third-order valence-corrected chi connectivity index (χ3v) is 4.99. The molecule has 1 aromatic heterocycles. The summed E-state index contributed by atoms with van der Waals surface area (Å²) in [6.07, 6.45) is 1.47. The van der Waals surface area contributed by atoms with Crippen LogP contribution in [-0.4, -0.2) is 32.6 Å². The van der Waals surface area contributed by atoms with Gasteiger partial charge >= 0.3 is 0 Å². The molecule has 2 aromatic carbocycles. The molecule has 0 aliphatic heterocycles. The predicted octanol–water partition coefficient (Wildman–Crippen LogP) is 4.12. The van der Waals surface area contributed by atoms with Crippen molar-refractivity contribution in [1.82, 2.24) is 20.2 Å². The van der Waals surface area contributed by atoms with Crippen LogP contribution in [0.2, 0.25) is 10.0 Å². The zero-order valence-corrected chi connectivity index (χ0v) is 16.6. The Kier molecular flexibility index (Phi) is 6.49. The van der Waals surface area contributed by atoms with E-state index >= 15 is 0 Å². The maximum atomic E-state index is 12.0. The van der Waals surface area contributed by atoms with E-state index in [1.165, 1.54) is 18.0 Å². The largest absolute Gasteiger partial charge is 0.274 e. The van der Waals surface area contributed by atoms with Crippen molar-refractivity contribution in [3.8, 4) is 5.69 Å². The molecule has 6 nitrogen and oxygen atoms in total. The maximum Gasteiger partial charge on any atom is 0.250 e. The summed E-state index contributed by atoms with van der Waals surface area (Å²) in [6.45, 7) is 1.87. The molecular formula is C18H15Cl2N5OS. The van der Waals surface area contributed by atoms with Gasteiger partial charge in [0.2, 0.25) is 0 Å². The lowest BCUT2D eigenvalue weighted by Gasteiger charge is -2.07. The quantitative estimate of drug-likeness (QED) is 0.370. The number of hydrogen-bond donors (Lipinski definition) is 1. The van der Waals surface area contributed by atoms with E-state index in [0.29, 0.717) is 20.8 Å². The summed E-state index contributed by atoms with van der Waals surface area (Å²) in [5, 5.41) is 13.8. The highest BCUT2D eigenvalue weighted by Gasteiger charge is 2.12. The van der Waals surface area contributed by atoms with Gasteiger partial charge in [0, 0.05) is 16.3 Å². The molecule has 138 valence electrons. The lowest BCUT2D eigenvalue weighted by molar-refractivity contribution is -0.118. The number of hydrogen-bond acceptors (Lipinski definition) is 5. The van der Waals surface area contributed by atoms with Crippen LogP contribution in [0.4, 0.5) is 0 Å². The average Bonchev–Trinajstić information content (AvgIpc) is 3.03. The van der Waals surface area contributed by atoms with Crippen molar-refractivity contribution in [1.29, 1.82) is 0 Å². The minimum atomic E-state index is -0.262. The normalized spacial score (nSPS) is 11.1. The Morgan fingerprint density at radius 1 is 1.22 bits per heavy atom. The summed E-state index contributed by atoms with van der Waals surface area (Å²) >= 11 is 13.2. The van der Waals surface area contributed by atoms with Gasteiger partial charge in [0.1, 0.15) is 5.82 Å². The van der Waals surface area contributed by atoms with Crippen LogP contribution in [0.1, 0.15) is 11.4 Å². The Hall–Kier alpha value is -2.35. The molecule has 3 rings (SSSR count). The highest BCUT2D eigenvalue weighted by Crippen LogP contribution is 2.21. The first-order valence-electron chi connectivity index (χ1n) is 7.92. The molecular weight excluding hydrogens is 405 g/mol. The van der Waals surface area contributed by atoms with Crippen LogP contribution in [0.3, 0.4) is 0 Å². The van der Waals surface area contributed by atoms with Crippen molar-refractivity contribution in [2.24, 2.45) is 5.10 Å². The van der Waals surface area contributed by atoms with Crippen molar-refractivity contribution < 1.29 is 4.79 Å². The Bertz CT molecular complexity index is 975. The van der Waals surface area contributed by atoms with Crippen LogP contribution in [-0.2, 0) is 4.79 Å². The van der Waals surface area contributed by atoms with Gasteiger partial charge < -0.3 is 0 Å². The van der Waals surface area contributed by atoms with Crippen LogP contribution in [0, 0.1) is 6.92 Å². The van der Waals surface area contributed by atoms with Gasteiger partial charge in [0.05, 0.1) is 17.0 Å². The number of benzene rings is 2. The molecule has 3 aromatic rings. The fourth-order valence-corrected chi connectivity index (χ4v) is 3.50. The molecule has 0 radical (unpaired) electrons. The molecule has 27 heavy (non-hydrogen) atoms. The number of nitrogens with one attached hydrogen (secondary N) is 1. The van der Waals surface area contributed by atoms with Crippen LogP contribution < -0.4 is 5.43 Å². The molecule has 9 heteroatoms. The summed E-state index contributed by atoms with van der Waals surface area (Å²) in [5.74, 6) is 0.637. The molecule has 0 saturated heterocycles. The number of para-hydroxylation sites is 1. The van der Waals surface area contributed by atoms with Gasteiger partial charge in [-0.15, -0.1) is 10.2 Å². The van der Waals surface area contributed by atoms with Crippen LogP contribution in [0.5, 0.6) is 0 Å². The van der Waals surface area contributed by atoms with Gasteiger partial charge in [0.15, 0.2) is 5.16 Å². The van der Waals surface area contributed by atoms with E-state index in [0.717, 1.165) is 11.5 Å². The minimum absolute atomic E-state index is 0.149. The van der Waals surface area contributed by atoms with Crippen molar-refractivity contribution in [3.63, 3.8) is 0 Å². The summed E-state index contributed by atoms with van der Waals surface area (Å²) in [6, 6.07) is 14.8. The maximum absolute atomic E-state index is 12.0. The molecule has 0 saturated carbocycles. The van der Waals surface area contributed by atoms with E-state index in [2.05, 4.69) is 20.7 Å². The monoisotopic (exact) mass is 419 g/mol. The third-order valence-electron chi connectivity index (χ3n) is 3.50. The lowest BCUT2D eigenvalue weighted by atomic mass is 10.2. The number of halogens is 2. The van der Waals surface area contributed by atoms with Crippen LogP contribution in [0.25, 0.3) is 5.69 Å². The van der Waals surface area contributed by atoms with Crippen molar-refractivity contribution in [3.05, 3.63) is 70.0 Å². The molecule has 0 fully saturated rings. The van der Waals surface area contributed by atoms with E-state index < -0.39 is 0 Å². The smallest absolute Gasteiger partial charge is 0.250 e. The first-order chi connectivity index (χ1) is 13.0. The van der Waals surface area contributed by atoms with Gasteiger partial charge in [-0.2, -0.15) is 5.10 Å². The van der Waals surface area contributed by atoms with Gasteiger partial charge in [-0.3, -0.25) is 9.36 Å². The number of aryl methyl sites for hydroxylation is 1. The molecule has 0 aliphatic carbocycles. The Labute approximate surface area is 170 Å². The summed E-state index contributed by atoms with van der Waals surface area (Å²) < 4.78 is 1.90. The number of amides is 1. The fourth-order valence-electron chi connectivity index (χ4n) is 2.25. The number of nitrogens with zero attached hydrogens (tertiary/aromatic N) is 4. The molecule has 0 atom stereocenters. The van der Waals surface area contributed by atoms with E-state index in [-0.39, 0.29) is 11.7 Å². The van der Waals surface area contributed by atoms with Crippen molar-refractivity contribution >= 4 is 47.1 Å². The number of aromatic nitrogens is 3. The number of rotatable bonds is 6. The van der Waals surface area contributed by atoms with Crippen molar-refractivity contribution in [2.75, 3.05) is 5.75 Å². The molecule has 1 N–H and O–H groups in total. The van der Waals surface area contributed by atoms with Crippen LogP contribution in [0.15, 0.2) is 58.8 Å². The van der Waals surface area contributed by atoms with E-state index in [1.807, 2.05) is 41.8 Å². The molecule has 0 aliphatic rings. The SMILES string of the molecule is Cc1nnc(SCC(=O)NN=Cc2ccc(Cl)cc2Cl)n1-c1ccccc1. The first kappa shape index (κ1) is 19.4. The first-order valence-corrected chi connectivity index (χ1v) is 9.66. The number of thioether (sulfide) groups is 1. The van der Waals surface area contributed by atoms with Gasteiger partial charge in [0.25, 0.3) is 5.91 Å². The predicted molar refractivity (Wildman–Crippen MR) is 109 cm³/mol. The lowest BCUT2D eigenvalue weighted by Crippen LogP contribution is -2.20. The van der Waals surface area contributed by atoms with Gasteiger partial charge in [-0.05, 0) is 31.2 Å². The molecule has 1 heterocycles.